The zero-order valence-electron chi connectivity index (χ0n) is 8.54. The number of halogens is 1. The molecule has 0 atom stereocenters. The Hall–Kier alpha value is -0.380. The van der Waals surface area contributed by atoms with Gasteiger partial charge in [-0.15, -0.1) is 10.2 Å². The Kier molecular flexibility index (Phi) is 3.21. The van der Waals surface area contributed by atoms with Crippen LogP contribution >= 0.6 is 15.9 Å². The first-order valence-corrected chi connectivity index (χ1v) is 6.44. The van der Waals surface area contributed by atoms with Crippen LogP contribution in [0.15, 0.2) is 0 Å². The summed E-state index contributed by atoms with van der Waals surface area (Å²) in [4.78, 5) is 0. The van der Waals surface area contributed by atoms with Gasteiger partial charge in [0, 0.05) is 13.0 Å². The zero-order chi connectivity index (χ0) is 9.97. The first-order chi connectivity index (χ1) is 6.85. The zero-order valence-corrected chi connectivity index (χ0v) is 10.1. The van der Waals surface area contributed by atoms with Gasteiger partial charge < -0.3 is 4.57 Å². The number of aromatic nitrogens is 3. The Morgan fingerprint density at radius 1 is 1.36 bits per heavy atom. The molecule has 78 valence electrons. The van der Waals surface area contributed by atoms with Crippen LogP contribution in [0.2, 0.25) is 0 Å². The van der Waals surface area contributed by atoms with Gasteiger partial charge in [-0.1, -0.05) is 22.9 Å². The summed E-state index contributed by atoms with van der Waals surface area (Å²) >= 11 is 3.45. The highest BCUT2D eigenvalue weighted by molar-refractivity contribution is 9.08. The molecule has 0 unspecified atom stereocenters. The number of hydrogen-bond donors (Lipinski definition) is 0. The summed E-state index contributed by atoms with van der Waals surface area (Å²) in [5.74, 6) is 3.14. The van der Waals surface area contributed by atoms with Crippen LogP contribution < -0.4 is 0 Å². The molecule has 4 heteroatoms. The minimum atomic E-state index is 0.810. The van der Waals surface area contributed by atoms with E-state index in [0.717, 1.165) is 36.5 Å². The van der Waals surface area contributed by atoms with Crippen molar-refractivity contribution >= 4 is 15.9 Å². The first-order valence-electron chi connectivity index (χ1n) is 5.32. The maximum atomic E-state index is 4.27. The molecule has 3 nitrogen and oxygen atoms in total. The van der Waals surface area contributed by atoms with Crippen molar-refractivity contribution in [2.24, 2.45) is 5.92 Å². The van der Waals surface area contributed by atoms with Crippen LogP contribution in [0, 0.1) is 5.92 Å². The standard InChI is InChI=1S/C10H16BrN3/c1-2-5-14-9(6-8-3-4-8)12-13-10(14)7-11/h8H,2-7H2,1H3. The van der Waals surface area contributed by atoms with Crippen LogP contribution in [-0.4, -0.2) is 14.8 Å². The van der Waals surface area contributed by atoms with Crippen molar-refractivity contribution in [3.63, 3.8) is 0 Å². The van der Waals surface area contributed by atoms with Crippen LogP contribution in [0.5, 0.6) is 0 Å². The van der Waals surface area contributed by atoms with E-state index >= 15 is 0 Å². The van der Waals surface area contributed by atoms with E-state index in [2.05, 4.69) is 37.6 Å². The van der Waals surface area contributed by atoms with Gasteiger partial charge in [0.25, 0.3) is 0 Å². The lowest BCUT2D eigenvalue weighted by atomic mass is 10.3. The summed E-state index contributed by atoms with van der Waals surface area (Å²) in [7, 11) is 0. The molecule has 1 aromatic heterocycles. The Balaban J connectivity index is 2.14. The summed E-state index contributed by atoms with van der Waals surface area (Å²) in [5, 5.41) is 9.28. The highest BCUT2D eigenvalue weighted by Crippen LogP contribution is 2.32. The molecule has 1 aromatic rings. The predicted octanol–water partition coefficient (Wildman–Crippen LogP) is 2.54. The van der Waals surface area contributed by atoms with Gasteiger partial charge in [0.05, 0.1) is 5.33 Å². The largest absolute Gasteiger partial charge is 0.314 e. The van der Waals surface area contributed by atoms with Gasteiger partial charge in [-0.2, -0.15) is 0 Å². The fourth-order valence-electron chi connectivity index (χ4n) is 1.68. The smallest absolute Gasteiger partial charge is 0.143 e. The van der Waals surface area contributed by atoms with Gasteiger partial charge in [-0.05, 0) is 25.2 Å². The Morgan fingerprint density at radius 2 is 2.07 bits per heavy atom. The molecule has 1 fully saturated rings. The number of alkyl halides is 1. The molecule has 0 aromatic carbocycles. The third-order valence-corrected chi connectivity index (χ3v) is 3.14. The first kappa shape index (κ1) is 10.1. The van der Waals surface area contributed by atoms with Crippen molar-refractivity contribution in [3.8, 4) is 0 Å². The van der Waals surface area contributed by atoms with Crippen LogP contribution in [-0.2, 0) is 18.3 Å². The second-order valence-electron chi connectivity index (χ2n) is 3.97. The van der Waals surface area contributed by atoms with Gasteiger partial charge in [0.2, 0.25) is 0 Å². The molecule has 0 amide bonds. The molecule has 0 radical (unpaired) electrons. The van der Waals surface area contributed by atoms with E-state index in [0.29, 0.717) is 0 Å². The molecule has 1 heterocycles. The Labute approximate surface area is 93.0 Å². The monoisotopic (exact) mass is 257 g/mol. The summed E-state index contributed by atoms with van der Waals surface area (Å²) in [6.45, 7) is 3.24. The van der Waals surface area contributed by atoms with E-state index in [4.69, 9.17) is 0 Å². The third kappa shape index (κ3) is 2.16. The van der Waals surface area contributed by atoms with Crippen molar-refractivity contribution in [3.05, 3.63) is 11.6 Å². The van der Waals surface area contributed by atoms with Crippen LogP contribution in [0.25, 0.3) is 0 Å². The molecule has 2 rings (SSSR count). The minimum Gasteiger partial charge on any atom is -0.314 e. The van der Waals surface area contributed by atoms with Crippen molar-refractivity contribution in [1.29, 1.82) is 0 Å². The van der Waals surface area contributed by atoms with Gasteiger partial charge in [0.1, 0.15) is 11.6 Å². The molecule has 1 saturated carbocycles. The number of hydrogen-bond acceptors (Lipinski definition) is 2. The maximum Gasteiger partial charge on any atom is 0.143 e. The van der Waals surface area contributed by atoms with Crippen molar-refractivity contribution in [1.82, 2.24) is 14.8 Å². The van der Waals surface area contributed by atoms with E-state index < -0.39 is 0 Å². The van der Waals surface area contributed by atoms with Crippen LogP contribution in [0.3, 0.4) is 0 Å². The second-order valence-corrected chi connectivity index (χ2v) is 4.53. The second kappa shape index (κ2) is 4.43. The van der Waals surface area contributed by atoms with E-state index in [9.17, 15) is 0 Å². The molecule has 0 aliphatic heterocycles. The van der Waals surface area contributed by atoms with Gasteiger partial charge >= 0.3 is 0 Å². The highest BCUT2D eigenvalue weighted by Gasteiger charge is 2.24. The Morgan fingerprint density at radius 3 is 2.64 bits per heavy atom. The fourth-order valence-corrected chi connectivity index (χ4v) is 2.10. The van der Waals surface area contributed by atoms with E-state index in [-0.39, 0.29) is 0 Å². The summed E-state index contributed by atoms with van der Waals surface area (Å²) < 4.78 is 2.27. The molecule has 14 heavy (non-hydrogen) atoms. The lowest BCUT2D eigenvalue weighted by molar-refractivity contribution is 0.604. The van der Waals surface area contributed by atoms with E-state index in [1.165, 1.54) is 18.7 Å². The van der Waals surface area contributed by atoms with Gasteiger partial charge in [-0.3, -0.25) is 0 Å². The summed E-state index contributed by atoms with van der Waals surface area (Å²) in [6.07, 6.45) is 5.03. The number of rotatable bonds is 5. The average molecular weight is 258 g/mol. The maximum absolute atomic E-state index is 4.27. The van der Waals surface area contributed by atoms with E-state index in [1.54, 1.807) is 0 Å². The highest BCUT2D eigenvalue weighted by atomic mass is 79.9. The normalized spacial score (nSPS) is 16.1. The number of nitrogens with zero attached hydrogens (tertiary/aromatic N) is 3. The summed E-state index contributed by atoms with van der Waals surface area (Å²) in [6, 6.07) is 0. The van der Waals surface area contributed by atoms with Gasteiger partial charge in [0.15, 0.2) is 0 Å². The lowest BCUT2D eigenvalue weighted by Gasteiger charge is -2.06. The predicted molar refractivity (Wildman–Crippen MR) is 59.4 cm³/mol. The summed E-state index contributed by atoms with van der Waals surface area (Å²) in [5.41, 5.74) is 0. The van der Waals surface area contributed by atoms with Crippen LogP contribution in [0.1, 0.15) is 37.8 Å². The Bertz CT molecular complexity index is 304. The molecule has 0 saturated heterocycles. The minimum absolute atomic E-state index is 0.810. The van der Waals surface area contributed by atoms with Crippen molar-refractivity contribution in [2.75, 3.05) is 0 Å². The molecule has 0 spiro atoms. The SMILES string of the molecule is CCCn1c(CBr)nnc1CC1CC1. The average Bonchev–Trinajstić information content (AvgIpc) is 2.91. The molecule has 0 bridgehead atoms. The molecular weight excluding hydrogens is 242 g/mol. The molecular formula is C10H16BrN3. The fraction of sp³-hybridized carbons (Fsp3) is 0.800. The van der Waals surface area contributed by atoms with Crippen molar-refractivity contribution < 1.29 is 0 Å². The van der Waals surface area contributed by atoms with Crippen molar-refractivity contribution in [2.45, 2.75) is 44.5 Å². The van der Waals surface area contributed by atoms with E-state index in [1.807, 2.05) is 0 Å². The lowest BCUT2D eigenvalue weighted by Crippen LogP contribution is -2.07. The third-order valence-electron chi connectivity index (χ3n) is 2.64. The topological polar surface area (TPSA) is 30.7 Å². The molecule has 1 aliphatic carbocycles. The molecule has 1 aliphatic rings. The van der Waals surface area contributed by atoms with Crippen LogP contribution in [0.4, 0.5) is 0 Å². The van der Waals surface area contributed by atoms with Gasteiger partial charge in [-0.25, -0.2) is 0 Å². The molecule has 0 N–H and O–H groups in total. The quantitative estimate of drug-likeness (QED) is 0.760.